The quantitative estimate of drug-likeness (QED) is 0.326. The van der Waals surface area contributed by atoms with Gasteiger partial charge in [0.2, 0.25) is 10.0 Å². The number of hydrogen-bond acceptors (Lipinski definition) is 5. The van der Waals surface area contributed by atoms with Gasteiger partial charge in [0.15, 0.2) is 5.84 Å². The first kappa shape index (κ1) is 15.9. The number of nitrogens with zero attached hydrogens (tertiary/aromatic N) is 1. The zero-order chi connectivity index (χ0) is 15.5. The predicted molar refractivity (Wildman–Crippen MR) is 80.3 cm³/mol. The Bertz CT molecular complexity index is 642. The summed E-state index contributed by atoms with van der Waals surface area (Å²) in [5.41, 5.74) is 6.07. The van der Waals surface area contributed by atoms with Gasteiger partial charge in [-0.3, -0.25) is 4.72 Å². The van der Waals surface area contributed by atoms with Gasteiger partial charge in [0, 0.05) is 12.2 Å². The minimum absolute atomic E-state index is 0.106. The maximum Gasteiger partial charge on any atom is 0.235 e. The maximum absolute atomic E-state index is 12.0. The lowest BCUT2D eigenvalue weighted by Crippen LogP contribution is -2.25. The van der Waals surface area contributed by atoms with Crippen LogP contribution in [0.1, 0.15) is 18.4 Å². The van der Waals surface area contributed by atoms with Crippen LogP contribution in [0, 0.1) is 0 Å². The van der Waals surface area contributed by atoms with Gasteiger partial charge in [0.05, 0.1) is 22.6 Å². The van der Waals surface area contributed by atoms with Crippen molar-refractivity contribution in [3.8, 4) is 0 Å². The van der Waals surface area contributed by atoms with Gasteiger partial charge in [-0.15, -0.1) is 0 Å². The fraction of sp³-hybridized carbons (Fsp3) is 0.417. The lowest BCUT2D eigenvalue weighted by Gasteiger charge is -2.13. The molecule has 21 heavy (non-hydrogen) atoms. The zero-order valence-corrected chi connectivity index (χ0v) is 12.7. The molecule has 7 nitrogen and oxygen atoms in total. The highest BCUT2D eigenvalue weighted by Gasteiger charge is 2.23. The van der Waals surface area contributed by atoms with Crippen molar-refractivity contribution < 1.29 is 18.4 Å². The van der Waals surface area contributed by atoms with Crippen molar-refractivity contribution in [1.29, 1.82) is 0 Å². The highest BCUT2D eigenvalue weighted by Crippen LogP contribution is 2.25. The van der Waals surface area contributed by atoms with Crippen LogP contribution in [0.3, 0.4) is 0 Å². The molecule has 0 aromatic heterocycles. The van der Waals surface area contributed by atoms with Gasteiger partial charge >= 0.3 is 0 Å². The third-order valence-corrected chi connectivity index (χ3v) is 4.72. The Morgan fingerprint density at radius 1 is 1.57 bits per heavy atom. The zero-order valence-electron chi connectivity index (χ0n) is 11.1. The van der Waals surface area contributed by atoms with E-state index in [0.717, 1.165) is 12.8 Å². The summed E-state index contributed by atoms with van der Waals surface area (Å²) in [5.74, 6) is -0.212. The van der Waals surface area contributed by atoms with Crippen molar-refractivity contribution in [1.82, 2.24) is 0 Å². The Labute approximate surface area is 127 Å². The van der Waals surface area contributed by atoms with Crippen LogP contribution in [-0.2, 0) is 14.8 Å². The van der Waals surface area contributed by atoms with Crippen molar-refractivity contribution in [3.63, 3.8) is 0 Å². The van der Waals surface area contributed by atoms with E-state index in [9.17, 15) is 8.42 Å². The molecule has 1 aromatic rings. The smallest absolute Gasteiger partial charge is 0.235 e. The molecule has 1 aliphatic rings. The van der Waals surface area contributed by atoms with Gasteiger partial charge in [-0.05, 0) is 31.0 Å². The third kappa shape index (κ3) is 4.23. The number of rotatable bonds is 5. The molecule has 1 aliphatic heterocycles. The minimum atomic E-state index is -3.55. The summed E-state index contributed by atoms with van der Waals surface area (Å²) in [6.07, 6.45) is 1.32. The van der Waals surface area contributed by atoms with Gasteiger partial charge in [-0.2, -0.15) is 0 Å². The van der Waals surface area contributed by atoms with Crippen molar-refractivity contribution >= 4 is 33.1 Å². The third-order valence-electron chi connectivity index (χ3n) is 3.07. The number of ether oxygens (including phenoxy) is 1. The molecule has 0 aliphatic carbocycles. The van der Waals surface area contributed by atoms with Crippen molar-refractivity contribution in [2.75, 3.05) is 17.1 Å². The lowest BCUT2D eigenvalue weighted by molar-refractivity contribution is 0.127. The second-order valence-corrected chi connectivity index (χ2v) is 6.87. The summed E-state index contributed by atoms with van der Waals surface area (Å²) in [6, 6.07) is 4.38. The molecule has 0 spiro atoms. The number of oxime groups is 1. The van der Waals surface area contributed by atoms with Crippen molar-refractivity contribution in [2.45, 2.75) is 18.9 Å². The number of amidine groups is 1. The molecule has 2 rings (SSSR count). The topological polar surface area (TPSA) is 114 Å². The molecule has 1 saturated heterocycles. The van der Waals surface area contributed by atoms with Crippen LogP contribution < -0.4 is 10.5 Å². The fourth-order valence-electron chi connectivity index (χ4n) is 2.04. The Balaban J connectivity index is 2.11. The molecule has 1 atom stereocenters. The number of hydrogen-bond donors (Lipinski definition) is 3. The van der Waals surface area contributed by atoms with E-state index in [2.05, 4.69) is 9.88 Å². The van der Waals surface area contributed by atoms with Crippen LogP contribution in [-0.4, -0.2) is 37.9 Å². The van der Waals surface area contributed by atoms with E-state index >= 15 is 0 Å². The summed E-state index contributed by atoms with van der Waals surface area (Å²) in [5, 5.41) is 11.6. The Morgan fingerprint density at radius 2 is 2.33 bits per heavy atom. The number of halogens is 1. The van der Waals surface area contributed by atoms with E-state index < -0.39 is 10.0 Å². The molecule has 0 radical (unpaired) electrons. The average molecular weight is 334 g/mol. The number of anilines is 1. The lowest BCUT2D eigenvalue weighted by atomic mass is 10.2. The normalized spacial score (nSPS) is 19.7. The molecule has 0 saturated carbocycles. The second-order valence-electron chi connectivity index (χ2n) is 4.70. The molecule has 1 unspecified atom stereocenters. The number of nitrogens with two attached hydrogens (primary N) is 1. The van der Waals surface area contributed by atoms with E-state index in [0.29, 0.717) is 12.2 Å². The van der Waals surface area contributed by atoms with Crippen LogP contribution in [0.5, 0.6) is 0 Å². The van der Waals surface area contributed by atoms with Gasteiger partial charge in [-0.1, -0.05) is 16.8 Å². The fourth-order valence-corrected chi connectivity index (χ4v) is 3.68. The largest absolute Gasteiger partial charge is 0.409 e. The second kappa shape index (κ2) is 6.50. The minimum Gasteiger partial charge on any atom is -0.409 e. The summed E-state index contributed by atoms with van der Waals surface area (Å²) < 4.78 is 31.8. The molecule has 1 heterocycles. The van der Waals surface area contributed by atoms with Crippen LogP contribution in [0.2, 0.25) is 5.02 Å². The molecule has 0 bridgehead atoms. The molecule has 116 valence electrons. The summed E-state index contributed by atoms with van der Waals surface area (Å²) in [7, 11) is -3.55. The molecule has 1 aromatic carbocycles. The van der Waals surface area contributed by atoms with Crippen LogP contribution in [0.15, 0.2) is 23.4 Å². The highest BCUT2D eigenvalue weighted by molar-refractivity contribution is 7.92. The van der Waals surface area contributed by atoms with Gasteiger partial charge in [0.1, 0.15) is 0 Å². The number of nitrogens with one attached hydrogen (secondary N) is 1. The van der Waals surface area contributed by atoms with E-state index in [1.54, 1.807) is 0 Å². The maximum atomic E-state index is 12.0. The van der Waals surface area contributed by atoms with E-state index in [1.807, 2.05) is 0 Å². The first-order valence-electron chi connectivity index (χ1n) is 6.31. The van der Waals surface area contributed by atoms with Crippen molar-refractivity contribution in [2.24, 2.45) is 10.9 Å². The van der Waals surface area contributed by atoms with Gasteiger partial charge in [-0.25, -0.2) is 8.42 Å². The highest BCUT2D eigenvalue weighted by atomic mass is 35.5. The first-order chi connectivity index (χ1) is 9.91. The van der Waals surface area contributed by atoms with Gasteiger partial charge < -0.3 is 15.7 Å². The first-order valence-corrected chi connectivity index (χ1v) is 8.34. The summed E-state index contributed by atoms with van der Waals surface area (Å²) in [6.45, 7) is 0.593. The summed E-state index contributed by atoms with van der Waals surface area (Å²) in [4.78, 5) is 0. The molecular formula is C12H16ClN3O4S. The SMILES string of the molecule is N/C(=N/O)c1ccc(NS(=O)(=O)CC2CCCO2)c(Cl)c1. The number of sulfonamides is 1. The van der Waals surface area contributed by atoms with E-state index in [-0.39, 0.29) is 28.4 Å². The van der Waals surface area contributed by atoms with Crippen molar-refractivity contribution in [3.05, 3.63) is 28.8 Å². The molecule has 9 heteroatoms. The van der Waals surface area contributed by atoms with Crippen LogP contribution >= 0.6 is 11.6 Å². The average Bonchev–Trinajstić information content (AvgIpc) is 2.92. The molecule has 0 amide bonds. The standard InChI is InChI=1S/C12H16ClN3O4S/c13-10-6-8(12(14)15-17)3-4-11(10)16-21(18,19)7-9-2-1-5-20-9/h3-4,6,9,16-17H,1-2,5,7H2,(H2,14,15). The Hall–Kier alpha value is -1.51. The molecular weight excluding hydrogens is 318 g/mol. The number of benzene rings is 1. The molecule has 1 fully saturated rings. The Morgan fingerprint density at radius 3 is 2.90 bits per heavy atom. The predicted octanol–water partition coefficient (Wildman–Crippen LogP) is 1.36. The Kier molecular flexibility index (Phi) is 4.92. The summed E-state index contributed by atoms with van der Waals surface area (Å²) >= 11 is 6.00. The van der Waals surface area contributed by atoms with E-state index in [1.165, 1.54) is 18.2 Å². The van der Waals surface area contributed by atoms with Gasteiger partial charge in [0.25, 0.3) is 0 Å². The molecule has 4 N–H and O–H groups in total. The van der Waals surface area contributed by atoms with Crippen LogP contribution in [0.4, 0.5) is 5.69 Å². The van der Waals surface area contributed by atoms with E-state index in [4.69, 9.17) is 27.3 Å². The van der Waals surface area contributed by atoms with Crippen LogP contribution in [0.25, 0.3) is 0 Å². The monoisotopic (exact) mass is 333 g/mol.